The average molecular weight is 480 g/mol. The Morgan fingerprint density at radius 3 is 2.44 bits per heavy atom. The Hall–Kier alpha value is -2.93. The Balaban J connectivity index is 1.52. The van der Waals surface area contributed by atoms with Crippen LogP contribution >= 0.6 is 35.0 Å². The molecule has 3 aromatic carbocycles. The third-order valence-electron chi connectivity index (χ3n) is 5.13. The summed E-state index contributed by atoms with van der Waals surface area (Å²) in [5.41, 5.74) is 2.74. The minimum atomic E-state index is -0.632. The molecule has 2 amide bonds. The van der Waals surface area contributed by atoms with Crippen LogP contribution in [0.25, 0.3) is 22.2 Å². The zero-order chi connectivity index (χ0) is 22.2. The number of hydrogen-bond acceptors (Lipinski definition) is 5. The fourth-order valence-corrected chi connectivity index (χ4v) is 5.03. The topological polar surface area (TPSA) is 63.2 Å². The predicted molar refractivity (Wildman–Crippen MR) is 128 cm³/mol. The van der Waals surface area contributed by atoms with Gasteiger partial charge in [-0.15, -0.1) is 0 Å². The van der Waals surface area contributed by atoms with Crippen molar-refractivity contribution in [3.05, 3.63) is 82.8 Å². The second-order valence-corrected chi connectivity index (χ2v) is 9.23. The number of thioether (sulfide) groups is 1. The Labute approximate surface area is 198 Å². The number of halogens is 2. The molecule has 1 fully saturated rings. The molecule has 1 unspecified atom stereocenters. The first kappa shape index (κ1) is 20.9. The number of fused-ring (bicyclic) bond motifs is 1. The normalized spacial score (nSPS) is 16.2. The number of hydrogen-bond donors (Lipinski definition) is 0. The lowest BCUT2D eigenvalue weighted by molar-refractivity contribution is -0.121. The van der Waals surface area contributed by atoms with Crippen LogP contribution in [-0.4, -0.2) is 27.0 Å². The van der Waals surface area contributed by atoms with E-state index in [-0.39, 0.29) is 18.2 Å². The predicted octanol–water partition coefficient (Wildman–Crippen LogP) is 6.03. The van der Waals surface area contributed by atoms with Gasteiger partial charge in [-0.3, -0.25) is 9.59 Å². The first-order valence-corrected chi connectivity index (χ1v) is 11.5. The van der Waals surface area contributed by atoms with E-state index in [1.54, 1.807) is 30.3 Å². The number of imide groups is 1. The van der Waals surface area contributed by atoms with Crippen molar-refractivity contribution < 1.29 is 9.59 Å². The van der Waals surface area contributed by atoms with Crippen molar-refractivity contribution in [1.82, 2.24) is 9.97 Å². The smallest absolute Gasteiger partial charge is 0.247 e. The molecule has 1 saturated heterocycles. The Kier molecular flexibility index (Phi) is 5.59. The molecule has 1 atom stereocenters. The Morgan fingerprint density at radius 1 is 0.906 bits per heavy atom. The van der Waals surface area contributed by atoms with Crippen molar-refractivity contribution >= 4 is 63.4 Å². The number of amides is 2. The van der Waals surface area contributed by atoms with Crippen LogP contribution in [0.15, 0.2) is 78.0 Å². The molecule has 0 radical (unpaired) electrons. The lowest BCUT2D eigenvalue weighted by Gasteiger charge is -2.16. The van der Waals surface area contributed by atoms with Crippen molar-refractivity contribution in [2.75, 3.05) is 4.90 Å². The van der Waals surface area contributed by atoms with Crippen molar-refractivity contribution in [3.63, 3.8) is 0 Å². The second kappa shape index (κ2) is 8.54. The summed E-state index contributed by atoms with van der Waals surface area (Å²) < 4.78 is 0. The van der Waals surface area contributed by atoms with Gasteiger partial charge < -0.3 is 0 Å². The second-order valence-electron chi connectivity index (χ2n) is 7.21. The molecule has 5 rings (SSSR count). The fraction of sp³-hybridized carbons (Fsp3) is 0.0833. The van der Waals surface area contributed by atoms with Gasteiger partial charge in [0.1, 0.15) is 5.25 Å². The molecule has 5 nitrogen and oxygen atoms in total. The Bertz CT molecular complexity index is 1360. The molecule has 1 aliphatic heterocycles. The summed E-state index contributed by atoms with van der Waals surface area (Å²) in [7, 11) is 0. The lowest BCUT2D eigenvalue weighted by Crippen LogP contribution is -2.31. The van der Waals surface area contributed by atoms with Crippen molar-refractivity contribution in [3.8, 4) is 11.3 Å². The van der Waals surface area contributed by atoms with Crippen molar-refractivity contribution in [2.24, 2.45) is 0 Å². The summed E-state index contributed by atoms with van der Waals surface area (Å²) in [6.45, 7) is 0. The highest BCUT2D eigenvalue weighted by Crippen LogP contribution is 2.37. The summed E-state index contributed by atoms with van der Waals surface area (Å²) in [5, 5.41) is 1.55. The summed E-state index contributed by atoms with van der Waals surface area (Å²) in [5.74, 6) is -0.620. The number of aromatic nitrogens is 2. The van der Waals surface area contributed by atoms with E-state index in [2.05, 4.69) is 4.98 Å². The molecule has 1 aliphatic rings. The van der Waals surface area contributed by atoms with Gasteiger partial charge in [-0.25, -0.2) is 14.9 Å². The number of benzene rings is 3. The van der Waals surface area contributed by atoms with Crippen molar-refractivity contribution in [1.29, 1.82) is 0 Å². The Morgan fingerprint density at radius 2 is 1.66 bits per heavy atom. The van der Waals surface area contributed by atoms with Gasteiger partial charge in [0, 0.05) is 22.4 Å². The standard InChI is InChI=1S/C24H15Cl2N3O2S/c25-15-10-11-18-16(12-15)22(14-6-2-1-3-7-14)28-24(27-18)32-20-13-21(30)29(23(20)31)19-9-5-4-8-17(19)26/h1-12,20H,13H2. The lowest BCUT2D eigenvalue weighted by atomic mass is 10.1. The molecule has 0 aliphatic carbocycles. The van der Waals surface area contributed by atoms with Gasteiger partial charge in [-0.05, 0) is 30.3 Å². The number of carbonyl (C=O) groups excluding carboxylic acids is 2. The summed E-state index contributed by atoms with van der Waals surface area (Å²) in [4.78, 5) is 36.3. The third-order valence-corrected chi connectivity index (χ3v) is 6.73. The minimum absolute atomic E-state index is 0.0530. The van der Waals surface area contributed by atoms with Gasteiger partial charge >= 0.3 is 0 Å². The maximum absolute atomic E-state index is 13.1. The van der Waals surface area contributed by atoms with Gasteiger partial charge in [0.05, 0.1) is 21.9 Å². The molecule has 158 valence electrons. The van der Waals surface area contributed by atoms with E-state index in [4.69, 9.17) is 28.2 Å². The molecule has 4 aromatic rings. The van der Waals surface area contributed by atoms with Crippen LogP contribution in [0.1, 0.15) is 6.42 Å². The van der Waals surface area contributed by atoms with Crippen LogP contribution in [0.4, 0.5) is 5.69 Å². The third kappa shape index (κ3) is 3.86. The molecular formula is C24H15Cl2N3O2S. The van der Waals surface area contributed by atoms with Crippen LogP contribution in [0.5, 0.6) is 0 Å². The van der Waals surface area contributed by atoms with Gasteiger partial charge in [-0.1, -0.05) is 77.4 Å². The van der Waals surface area contributed by atoms with Crippen LogP contribution in [0.3, 0.4) is 0 Å². The molecule has 0 N–H and O–H groups in total. The van der Waals surface area contributed by atoms with Gasteiger partial charge in [0.2, 0.25) is 11.8 Å². The molecule has 32 heavy (non-hydrogen) atoms. The summed E-state index contributed by atoms with van der Waals surface area (Å²) in [6.07, 6.45) is 0.0530. The highest BCUT2D eigenvalue weighted by Gasteiger charge is 2.41. The highest BCUT2D eigenvalue weighted by molar-refractivity contribution is 8.00. The quantitative estimate of drug-likeness (QED) is 0.264. The van der Waals surface area contributed by atoms with E-state index in [0.29, 0.717) is 26.4 Å². The van der Waals surface area contributed by atoms with Crippen LogP contribution in [0, 0.1) is 0 Å². The molecule has 8 heteroatoms. The molecule has 0 bridgehead atoms. The number of nitrogens with zero attached hydrogens (tertiary/aromatic N) is 3. The van der Waals surface area contributed by atoms with Crippen molar-refractivity contribution in [2.45, 2.75) is 16.8 Å². The SMILES string of the molecule is O=C1CC(Sc2nc(-c3ccccc3)c3cc(Cl)ccc3n2)C(=O)N1c1ccccc1Cl. The number of para-hydroxylation sites is 1. The number of rotatable bonds is 4. The van der Waals surface area contributed by atoms with E-state index < -0.39 is 5.25 Å². The molecule has 2 heterocycles. The van der Waals surface area contributed by atoms with Crippen LogP contribution in [-0.2, 0) is 9.59 Å². The monoisotopic (exact) mass is 479 g/mol. The molecule has 0 spiro atoms. The average Bonchev–Trinajstić information content (AvgIpc) is 3.07. The first-order chi connectivity index (χ1) is 15.5. The fourth-order valence-electron chi connectivity index (χ4n) is 3.66. The summed E-state index contributed by atoms with van der Waals surface area (Å²) >= 11 is 13.6. The van der Waals surface area contributed by atoms with E-state index >= 15 is 0 Å². The molecular weight excluding hydrogens is 465 g/mol. The molecule has 0 saturated carbocycles. The van der Waals surface area contributed by atoms with Gasteiger partial charge in [0.25, 0.3) is 0 Å². The van der Waals surface area contributed by atoms with E-state index in [0.717, 1.165) is 21.5 Å². The maximum Gasteiger partial charge on any atom is 0.247 e. The minimum Gasteiger partial charge on any atom is -0.274 e. The zero-order valence-electron chi connectivity index (χ0n) is 16.5. The van der Waals surface area contributed by atoms with Crippen LogP contribution < -0.4 is 4.90 Å². The maximum atomic E-state index is 13.1. The van der Waals surface area contributed by atoms with Gasteiger partial charge in [-0.2, -0.15) is 0 Å². The number of anilines is 1. The van der Waals surface area contributed by atoms with E-state index in [1.807, 2.05) is 42.5 Å². The van der Waals surface area contributed by atoms with Crippen LogP contribution in [0.2, 0.25) is 10.0 Å². The summed E-state index contributed by atoms with van der Waals surface area (Å²) in [6, 6.07) is 21.9. The zero-order valence-corrected chi connectivity index (χ0v) is 18.9. The largest absolute Gasteiger partial charge is 0.274 e. The van der Waals surface area contributed by atoms with Gasteiger partial charge in [0.15, 0.2) is 5.16 Å². The first-order valence-electron chi connectivity index (χ1n) is 9.82. The van der Waals surface area contributed by atoms with E-state index in [9.17, 15) is 9.59 Å². The molecule has 1 aromatic heterocycles. The highest BCUT2D eigenvalue weighted by atomic mass is 35.5. The number of carbonyl (C=O) groups is 2. The van der Waals surface area contributed by atoms with E-state index in [1.165, 1.54) is 11.8 Å².